The van der Waals surface area contributed by atoms with Crippen LogP contribution in [-0.2, 0) is 10.0 Å². The van der Waals surface area contributed by atoms with E-state index >= 15 is 0 Å². The molecule has 1 heterocycles. The largest absolute Gasteiger partial charge is 0.322 e. The van der Waals surface area contributed by atoms with E-state index in [-0.39, 0.29) is 21.2 Å². The molecule has 150 valence electrons. The topological polar surface area (TPSA) is 69.7 Å². The standard InChI is InChI=1S/C18H18ClF2N3O3S/c1-23-6-8-24(9-7-23)28(26,27)13-3-4-15(19)14(11-13)18(25)22-12-2-5-16(20)17(21)10-12/h2-5,10-11H,6-9H2,1H3,(H,22,25). The number of nitrogens with one attached hydrogen (secondary N) is 1. The molecule has 0 aliphatic carbocycles. The Labute approximate surface area is 166 Å². The molecule has 0 aromatic heterocycles. The first kappa shape index (κ1) is 20.7. The zero-order chi connectivity index (χ0) is 20.5. The van der Waals surface area contributed by atoms with Crippen LogP contribution in [-0.4, -0.2) is 56.8 Å². The fourth-order valence-corrected chi connectivity index (χ4v) is 4.44. The lowest BCUT2D eigenvalue weighted by molar-refractivity contribution is 0.102. The van der Waals surface area contributed by atoms with Crippen molar-refractivity contribution in [3.8, 4) is 0 Å². The van der Waals surface area contributed by atoms with Gasteiger partial charge in [-0.3, -0.25) is 4.79 Å². The molecule has 1 aliphatic rings. The summed E-state index contributed by atoms with van der Waals surface area (Å²) in [5.74, 6) is -2.89. The van der Waals surface area contributed by atoms with E-state index in [0.717, 1.165) is 12.1 Å². The maximum Gasteiger partial charge on any atom is 0.257 e. The molecule has 0 unspecified atom stereocenters. The van der Waals surface area contributed by atoms with Crippen molar-refractivity contribution >= 4 is 33.2 Å². The van der Waals surface area contributed by atoms with Gasteiger partial charge in [-0.15, -0.1) is 0 Å². The third kappa shape index (κ3) is 4.33. The van der Waals surface area contributed by atoms with E-state index in [1.54, 1.807) is 0 Å². The lowest BCUT2D eigenvalue weighted by Crippen LogP contribution is -2.47. The number of carbonyl (C=O) groups is 1. The maximum absolute atomic E-state index is 13.3. The van der Waals surface area contributed by atoms with Crippen molar-refractivity contribution in [2.75, 3.05) is 38.5 Å². The molecule has 0 atom stereocenters. The van der Waals surface area contributed by atoms with E-state index in [1.165, 1.54) is 28.6 Å². The number of nitrogens with zero attached hydrogens (tertiary/aromatic N) is 2. The number of likely N-dealkylation sites (N-methyl/N-ethyl adjacent to an activating group) is 1. The molecule has 3 rings (SSSR count). The molecule has 10 heteroatoms. The van der Waals surface area contributed by atoms with Crippen molar-refractivity contribution in [3.05, 3.63) is 58.6 Å². The Hall–Kier alpha value is -2.07. The van der Waals surface area contributed by atoms with Crippen molar-refractivity contribution in [3.63, 3.8) is 0 Å². The average Bonchev–Trinajstić information content (AvgIpc) is 2.65. The van der Waals surface area contributed by atoms with E-state index < -0.39 is 27.6 Å². The van der Waals surface area contributed by atoms with Gasteiger partial charge < -0.3 is 10.2 Å². The number of hydrogen-bond donors (Lipinski definition) is 1. The number of piperazine rings is 1. The quantitative estimate of drug-likeness (QED) is 0.811. The van der Waals surface area contributed by atoms with Gasteiger partial charge in [-0.2, -0.15) is 4.31 Å². The van der Waals surface area contributed by atoms with Gasteiger partial charge in [0.2, 0.25) is 10.0 Å². The van der Waals surface area contributed by atoms with E-state index in [9.17, 15) is 22.0 Å². The van der Waals surface area contributed by atoms with Crippen LogP contribution < -0.4 is 5.32 Å². The van der Waals surface area contributed by atoms with Gasteiger partial charge in [-0.25, -0.2) is 17.2 Å². The molecule has 0 bridgehead atoms. The SMILES string of the molecule is CN1CCN(S(=O)(=O)c2ccc(Cl)c(C(=O)Nc3ccc(F)c(F)c3)c2)CC1. The number of sulfonamides is 1. The van der Waals surface area contributed by atoms with E-state index in [2.05, 4.69) is 5.32 Å². The molecule has 2 aromatic rings. The predicted octanol–water partition coefficient (Wildman–Crippen LogP) is 2.81. The Morgan fingerprint density at radius 2 is 1.71 bits per heavy atom. The maximum atomic E-state index is 13.3. The molecule has 1 saturated heterocycles. The van der Waals surface area contributed by atoms with Gasteiger partial charge in [-0.1, -0.05) is 11.6 Å². The number of benzene rings is 2. The average molecular weight is 430 g/mol. The number of halogens is 3. The summed E-state index contributed by atoms with van der Waals surface area (Å²) in [7, 11) is -1.88. The number of rotatable bonds is 4. The summed E-state index contributed by atoms with van der Waals surface area (Å²) in [6.45, 7) is 1.91. The summed E-state index contributed by atoms with van der Waals surface area (Å²) < 4.78 is 53.4. The predicted molar refractivity (Wildman–Crippen MR) is 102 cm³/mol. The first-order chi connectivity index (χ1) is 13.2. The Bertz CT molecular complexity index is 1010. The number of carbonyl (C=O) groups excluding carboxylic acids is 1. The fourth-order valence-electron chi connectivity index (χ4n) is 2.79. The van der Waals surface area contributed by atoms with Gasteiger partial charge in [0.25, 0.3) is 5.91 Å². The molecule has 6 nitrogen and oxygen atoms in total. The third-order valence-electron chi connectivity index (χ3n) is 4.46. The fraction of sp³-hybridized carbons (Fsp3) is 0.278. The molecular weight excluding hydrogens is 412 g/mol. The van der Waals surface area contributed by atoms with Crippen LogP contribution in [0, 0.1) is 11.6 Å². The first-order valence-electron chi connectivity index (χ1n) is 8.43. The van der Waals surface area contributed by atoms with Crippen molar-refractivity contribution in [2.24, 2.45) is 0 Å². The van der Waals surface area contributed by atoms with Crippen molar-refractivity contribution < 1.29 is 22.0 Å². The lowest BCUT2D eigenvalue weighted by Gasteiger charge is -2.31. The highest BCUT2D eigenvalue weighted by atomic mass is 35.5. The summed E-state index contributed by atoms with van der Waals surface area (Å²) in [6.07, 6.45) is 0. The Morgan fingerprint density at radius 1 is 1.04 bits per heavy atom. The smallest absolute Gasteiger partial charge is 0.257 e. The highest BCUT2D eigenvalue weighted by molar-refractivity contribution is 7.89. The zero-order valence-electron chi connectivity index (χ0n) is 15.0. The summed E-state index contributed by atoms with van der Waals surface area (Å²) >= 11 is 6.06. The molecule has 0 radical (unpaired) electrons. The van der Waals surface area contributed by atoms with Crippen molar-refractivity contribution in [2.45, 2.75) is 4.90 Å². The van der Waals surface area contributed by atoms with Gasteiger partial charge in [0, 0.05) is 37.9 Å². The Morgan fingerprint density at radius 3 is 2.36 bits per heavy atom. The van der Waals surface area contributed by atoms with Crippen LogP contribution in [0.4, 0.5) is 14.5 Å². The van der Waals surface area contributed by atoms with Gasteiger partial charge >= 0.3 is 0 Å². The summed E-state index contributed by atoms with van der Waals surface area (Å²) in [5, 5.41) is 2.43. The van der Waals surface area contributed by atoms with Gasteiger partial charge in [0.1, 0.15) is 0 Å². The molecule has 0 spiro atoms. The van der Waals surface area contributed by atoms with Crippen LogP contribution in [0.5, 0.6) is 0 Å². The minimum absolute atomic E-state index is 0.0206. The third-order valence-corrected chi connectivity index (χ3v) is 6.68. The van der Waals surface area contributed by atoms with Crippen LogP contribution in [0.15, 0.2) is 41.3 Å². The zero-order valence-corrected chi connectivity index (χ0v) is 16.5. The monoisotopic (exact) mass is 429 g/mol. The van der Waals surface area contributed by atoms with Crippen LogP contribution >= 0.6 is 11.6 Å². The minimum atomic E-state index is -3.78. The van der Waals surface area contributed by atoms with Crippen LogP contribution in [0.1, 0.15) is 10.4 Å². The normalized spacial score (nSPS) is 16.1. The number of anilines is 1. The molecule has 1 N–H and O–H groups in total. The molecule has 2 aromatic carbocycles. The molecule has 1 aliphatic heterocycles. The Balaban J connectivity index is 1.86. The van der Waals surface area contributed by atoms with Crippen LogP contribution in [0.2, 0.25) is 5.02 Å². The lowest BCUT2D eigenvalue weighted by atomic mass is 10.2. The summed E-state index contributed by atoms with van der Waals surface area (Å²) in [4.78, 5) is 14.5. The van der Waals surface area contributed by atoms with Gasteiger partial charge in [0.05, 0.1) is 15.5 Å². The molecule has 1 amide bonds. The van der Waals surface area contributed by atoms with Gasteiger partial charge in [0.15, 0.2) is 11.6 Å². The minimum Gasteiger partial charge on any atom is -0.322 e. The highest BCUT2D eigenvalue weighted by Crippen LogP contribution is 2.25. The molecule has 1 fully saturated rings. The summed E-state index contributed by atoms with van der Waals surface area (Å²) in [5.41, 5.74) is -0.0612. The van der Waals surface area contributed by atoms with E-state index in [0.29, 0.717) is 26.2 Å². The Kier molecular flexibility index (Phi) is 5.99. The van der Waals surface area contributed by atoms with E-state index in [4.69, 9.17) is 11.6 Å². The van der Waals surface area contributed by atoms with Crippen molar-refractivity contribution in [1.29, 1.82) is 0 Å². The second-order valence-corrected chi connectivity index (χ2v) is 8.78. The second kappa shape index (κ2) is 8.12. The highest BCUT2D eigenvalue weighted by Gasteiger charge is 2.28. The summed E-state index contributed by atoms with van der Waals surface area (Å²) in [6, 6.07) is 6.74. The molecule has 0 saturated carbocycles. The molecule has 28 heavy (non-hydrogen) atoms. The van der Waals surface area contributed by atoms with Gasteiger partial charge in [-0.05, 0) is 37.4 Å². The van der Waals surface area contributed by atoms with Crippen LogP contribution in [0.25, 0.3) is 0 Å². The molecular formula is C18H18ClF2N3O3S. The van der Waals surface area contributed by atoms with E-state index in [1.807, 2.05) is 11.9 Å². The number of amides is 1. The first-order valence-corrected chi connectivity index (χ1v) is 10.2. The van der Waals surface area contributed by atoms with Crippen LogP contribution in [0.3, 0.4) is 0 Å². The number of hydrogen-bond acceptors (Lipinski definition) is 4. The van der Waals surface area contributed by atoms with Crippen molar-refractivity contribution in [1.82, 2.24) is 9.21 Å². The second-order valence-electron chi connectivity index (χ2n) is 6.43.